The maximum absolute atomic E-state index is 12.7. The zero-order chi connectivity index (χ0) is 22.5. The molecule has 4 heterocycles. The second-order valence-electron chi connectivity index (χ2n) is 8.05. The van der Waals surface area contributed by atoms with Crippen LogP contribution in [0.2, 0.25) is 0 Å². The molecule has 4 rings (SSSR count). The Morgan fingerprint density at radius 3 is 2.75 bits per heavy atom. The van der Waals surface area contributed by atoms with Gasteiger partial charge in [-0.25, -0.2) is 10.1 Å². The van der Waals surface area contributed by atoms with E-state index >= 15 is 0 Å². The minimum atomic E-state index is -0.270. The van der Waals surface area contributed by atoms with Gasteiger partial charge in [0.1, 0.15) is 24.2 Å². The molecule has 1 N–H and O–H groups in total. The molecule has 2 aromatic heterocycles. The fourth-order valence-corrected chi connectivity index (χ4v) is 3.97. The molecule has 0 unspecified atom stereocenters. The van der Waals surface area contributed by atoms with Crippen molar-refractivity contribution in [3.63, 3.8) is 0 Å². The summed E-state index contributed by atoms with van der Waals surface area (Å²) in [5, 5.41) is 15.0. The molecule has 2 aliphatic rings. The van der Waals surface area contributed by atoms with E-state index in [9.17, 15) is 9.59 Å². The summed E-state index contributed by atoms with van der Waals surface area (Å²) in [5.74, 6) is 1.37. The van der Waals surface area contributed by atoms with E-state index < -0.39 is 0 Å². The SMILES string of the molecule is Cc1c(OC[C@@H]2CC[C@H](CC(=O)N3CCN(c4ccc(C#N)cn4)CC3)O2)cn[nH]c1=O. The summed E-state index contributed by atoms with van der Waals surface area (Å²) in [4.78, 5) is 32.7. The standard InChI is InChI=1S/C22H26N6O4/c1-15-19(13-25-26-22(15)30)31-14-18-4-3-17(32-18)10-21(29)28-8-6-27(7-9-28)20-5-2-16(11-23)12-24-20/h2,5,12-13,17-18H,3-4,6-10,14H2,1H3,(H,26,30)/t17-,18+/m1/s1. The summed E-state index contributed by atoms with van der Waals surface area (Å²) in [6.45, 7) is 4.69. The highest BCUT2D eigenvalue weighted by atomic mass is 16.5. The average molecular weight is 438 g/mol. The highest BCUT2D eigenvalue weighted by molar-refractivity contribution is 5.77. The maximum atomic E-state index is 12.7. The molecular weight excluding hydrogens is 412 g/mol. The highest BCUT2D eigenvalue weighted by Gasteiger charge is 2.30. The van der Waals surface area contributed by atoms with Gasteiger partial charge in [-0.3, -0.25) is 9.59 Å². The Labute approximate surface area is 185 Å². The van der Waals surface area contributed by atoms with Crippen molar-refractivity contribution >= 4 is 11.7 Å². The maximum Gasteiger partial charge on any atom is 0.270 e. The van der Waals surface area contributed by atoms with Crippen LogP contribution in [0.25, 0.3) is 0 Å². The molecule has 2 atom stereocenters. The number of hydrogen-bond donors (Lipinski definition) is 1. The van der Waals surface area contributed by atoms with E-state index in [0.29, 0.717) is 56.1 Å². The lowest BCUT2D eigenvalue weighted by molar-refractivity contribution is -0.134. The van der Waals surface area contributed by atoms with Gasteiger partial charge in [-0.15, -0.1) is 0 Å². The normalized spacial score (nSPS) is 20.8. The highest BCUT2D eigenvalue weighted by Crippen LogP contribution is 2.24. The van der Waals surface area contributed by atoms with Gasteiger partial charge in [-0.2, -0.15) is 10.4 Å². The van der Waals surface area contributed by atoms with Gasteiger partial charge in [0.05, 0.1) is 36.0 Å². The zero-order valence-corrected chi connectivity index (χ0v) is 18.0. The number of aromatic amines is 1. The smallest absolute Gasteiger partial charge is 0.270 e. The number of nitriles is 1. The van der Waals surface area contributed by atoms with E-state index in [1.165, 1.54) is 6.20 Å². The first-order chi connectivity index (χ1) is 15.5. The van der Waals surface area contributed by atoms with Crippen molar-refractivity contribution in [1.29, 1.82) is 5.26 Å². The summed E-state index contributed by atoms with van der Waals surface area (Å²) in [7, 11) is 0. The molecule has 2 aromatic rings. The molecule has 0 aliphatic carbocycles. The van der Waals surface area contributed by atoms with Crippen LogP contribution in [0.4, 0.5) is 5.82 Å². The Morgan fingerprint density at radius 1 is 1.25 bits per heavy atom. The van der Waals surface area contributed by atoms with Gasteiger partial charge < -0.3 is 19.3 Å². The summed E-state index contributed by atoms with van der Waals surface area (Å²) in [5.41, 5.74) is 0.750. The number of carbonyl (C=O) groups excluding carboxylic acids is 1. The number of nitrogens with one attached hydrogen (secondary N) is 1. The van der Waals surface area contributed by atoms with Crippen LogP contribution in [0, 0.1) is 18.3 Å². The molecule has 0 aromatic carbocycles. The Bertz CT molecular complexity index is 1040. The van der Waals surface area contributed by atoms with E-state index in [-0.39, 0.29) is 23.7 Å². The molecule has 0 radical (unpaired) electrons. The van der Waals surface area contributed by atoms with Crippen molar-refractivity contribution in [2.45, 2.75) is 38.4 Å². The van der Waals surface area contributed by atoms with Crippen LogP contribution in [0.15, 0.2) is 29.3 Å². The number of pyridine rings is 1. The topological polar surface area (TPSA) is 124 Å². The number of rotatable bonds is 6. The van der Waals surface area contributed by atoms with E-state index in [2.05, 4.69) is 26.2 Å². The lowest BCUT2D eigenvalue weighted by atomic mass is 10.1. The third-order valence-corrected chi connectivity index (χ3v) is 5.91. The van der Waals surface area contributed by atoms with Crippen molar-refractivity contribution < 1.29 is 14.3 Å². The van der Waals surface area contributed by atoms with Crippen molar-refractivity contribution in [3.8, 4) is 11.8 Å². The molecule has 2 fully saturated rings. The van der Waals surface area contributed by atoms with Crippen LogP contribution in [-0.4, -0.2) is 71.0 Å². The van der Waals surface area contributed by atoms with Gasteiger partial charge >= 0.3 is 0 Å². The number of H-pyrrole nitrogens is 1. The monoisotopic (exact) mass is 438 g/mol. The Balaban J connectivity index is 1.20. The number of amides is 1. The van der Waals surface area contributed by atoms with Crippen molar-refractivity contribution in [2.24, 2.45) is 0 Å². The quantitative estimate of drug-likeness (QED) is 0.709. The summed E-state index contributed by atoms with van der Waals surface area (Å²) < 4.78 is 11.7. The van der Waals surface area contributed by atoms with Crippen LogP contribution in [0.3, 0.4) is 0 Å². The van der Waals surface area contributed by atoms with Crippen LogP contribution in [-0.2, 0) is 9.53 Å². The molecule has 0 bridgehead atoms. The molecule has 32 heavy (non-hydrogen) atoms. The predicted molar refractivity (Wildman–Crippen MR) is 115 cm³/mol. The first-order valence-corrected chi connectivity index (χ1v) is 10.7. The largest absolute Gasteiger partial charge is 0.489 e. The summed E-state index contributed by atoms with van der Waals surface area (Å²) >= 11 is 0. The van der Waals surface area contributed by atoms with E-state index in [1.54, 1.807) is 19.2 Å². The molecule has 1 amide bonds. The van der Waals surface area contributed by atoms with E-state index in [4.69, 9.17) is 14.7 Å². The second kappa shape index (κ2) is 9.78. The molecule has 2 saturated heterocycles. The van der Waals surface area contributed by atoms with Gasteiger partial charge in [-0.1, -0.05) is 0 Å². The van der Waals surface area contributed by atoms with E-state index in [1.807, 2.05) is 11.0 Å². The van der Waals surface area contributed by atoms with Gasteiger partial charge in [0.15, 0.2) is 0 Å². The number of piperazine rings is 1. The van der Waals surface area contributed by atoms with Crippen molar-refractivity contribution in [1.82, 2.24) is 20.1 Å². The van der Waals surface area contributed by atoms with Crippen LogP contribution >= 0.6 is 0 Å². The molecule has 2 aliphatic heterocycles. The number of anilines is 1. The zero-order valence-electron chi connectivity index (χ0n) is 18.0. The number of nitrogens with zero attached hydrogens (tertiary/aromatic N) is 5. The van der Waals surface area contributed by atoms with Crippen LogP contribution in [0.5, 0.6) is 5.75 Å². The predicted octanol–water partition coefficient (Wildman–Crippen LogP) is 1.01. The number of carbonyl (C=O) groups is 1. The van der Waals surface area contributed by atoms with Gasteiger partial charge in [-0.05, 0) is 31.9 Å². The lowest BCUT2D eigenvalue weighted by Gasteiger charge is -2.35. The van der Waals surface area contributed by atoms with Crippen molar-refractivity contribution in [2.75, 3.05) is 37.7 Å². The molecule has 0 spiro atoms. The average Bonchev–Trinajstić information content (AvgIpc) is 3.27. The summed E-state index contributed by atoms with van der Waals surface area (Å²) in [6, 6.07) is 5.66. The Kier molecular flexibility index (Phi) is 6.66. The van der Waals surface area contributed by atoms with E-state index in [0.717, 1.165) is 18.7 Å². The molecule has 10 nitrogen and oxygen atoms in total. The summed E-state index contributed by atoms with van der Waals surface area (Å²) in [6.07, 6.45) is 4.81. The third kappa shape index (κ3) is 5.06. The number of ether oxygens (including phenoxy) is 2. The number of aromatic nitrogens is 3. The van der Waals surface area contributed by atoms with Crippen LogP contribution in [0.1, 0.15) is 30.4 Å². The van der Waals surface area contributed by atoms with Crippen LogP contribution < -0.4 is 15.2 Å². The minimum absolute atomic E-state index is 0.0960. The first kappa shape index (κ1) is 21.8. The number of hydrogen-bond acceptors (Lipinski definition) is 8. The Hall–Kier alpha value is -3.45. The van der Waals surface area contributed by atoms with Gasteiger partial charge in [0.2, 0.25) is 5.91 Å². The van der Waals surface area contributed by atoms with Gasteiger partial charge in [0, 0.05) is 32.4 Å². The molecule has 168 valence electrons. The lowest BCUT2D eigenvalue weighted by Crippen LogP contribution is -2.49. The fourth-order valence-electron chi connectivity index (χ4n) is 3.97. The van der Waals surface area contributed by atoms with Gasteiger partial charge in [0.25, 0.3) is 5.56 Å². The Morgan fingerprint density at radius 2 is 2.03 bits per heavy atom. The molecule has 10 heteroatoms. The minimum Gasteiger partial charge on any atom is -0.489 e. The molecule has 0 saturated carbocycles. The third-order valence-electron chi connectivity index (χ3n) is 5.91. The fraction of sp³-hybridized carbons (Fsp3) is 0.500. The first-order valence-electron chi connectivity index (χ1n) is 10.7. The second-order valence-corrected chi connectivity index (χ2v) is 8.05. The molecular formula is C22H26N6O4. The van der Waals surface area contributed by atoms with Crippen molar-refractivity contribution in [3.05, 3.63) is 46.0 Å².